The van der Waals surface area contributed by atoms with Crippen LogP contribution in [0.4, 0.5) is 0 Å². The van der Waals surface area contributed by atoms with Crippen LogP contribution in [-0.2, 0) is 0 Å². The largest absolute Gasteiger partial charge is 0.289 e. The van der Waals surface area contributed by atoms with Crippen molar-refractivity contribution in [1.29, 1.82) is 0 Å². The number of aryl methyl sites for hydroxylation is 1. The molecule has 2 aromatic rings. The average molecular weight is 360 g/mol. The minimum atomic E-state index is -0.384. The van der Waals surface area contributed by atoms with Crippen molar-refractivity contribution >= 4 is 58.0 Å². The summed E-state index contributed by atoms with van der Waals surface area (Å²) in [6, 6.07) is 4.99. The Balaban J connectivity index is 2.44. The molecule has 6 heteroatoms. The molecule has 2 nitrogen and oxygen atoms in total. The fourth-order valence-electron chi connectivity index (χ4n) is 2.37. The van der Waals surface area contributed by atoms with Crippen LogP contribution in [0.1, 0.15) is 37.4 Å². The van der Waals surface area contributed by atoms with E-state index < -0.39 is 0 Å². The van der Waals surface area contributed by atoms with Gasteiger partial charge in [0, 0.05) is 11.1 Å². The molecule has 0 saturated heterocycles. The van der Waals surface area contributed by atoms with Crippen molar-refractivity contribution in [1.82, 2.24) is 0 Å². The summed E-state index contributed by atoms with van der Waals surface area (Å²) in [5.74, 6) is -0.765. The molecule has 0 N–H and O–H groups in total. The monoisotopic (exact) mass is 358 g/mol. The van der Waals surface area contributed by atoms with Crippen molar-refractivity contribution in [3.8, 4) is 0 Å². The van der Waals surface area contributed by atoms with E-state index in [1.165, 1.54) is 0 Å². The van der Waals surface area contributed by atoms with Gasteiger partial charge in [-0.05, 0) is 13.0 Å². The second-order valence-electron chi connectivity index (χ2n) is 4.71. The molecule has 0 saturated carbocycles. The molecule has 0 fully saturated rings. The number of carbonyl (C=O) groups is 2. The van der Waals surface area contributed by atoms with Crippen molar-refractivity contribution in [2.75, 3.05) is 0 Å². The SMILES string of the molecule is Cc1ccc2c(c1)C(=O)c1c(Cl)c(Cl)c(Cl)c(Cl)c1C2=O. The van der Waals surface area contributed by atoms with Gasteiger partial charge < -0.3 is 0 Å². The van der Waals surface area contributed by atoms with Crippen LogP contribution < -0.4 is 0 Å². The van der Waals surface area contributed by atoms with Gasteiger partial charge in [-0.1, -0.05) is 64.1 Å². The lowest BCUT2D eigenvalue weighted by Gasteiger charge is -2.21. The fourth-order valence-corrected chi connectivity index (χ4v) is 3.40. The van der Waals surface area contributed by atoms with Crippen LogP contribution in [0.15, 0.2) is 18.2 Å². The summed E-state index contributed by atoms with van der Waals surface area (Å²) in [6.07, 6.45) is 0. The molecule has 106 valence electrons. The lowest BCUT2D eigenvalue weighted by Crippen LogP contribution is -2.22. The Hall–Kier alpha value is -1.06. The average Bonchev–Trinajstić information content (AvgIpc) is 2.46. The molecule has 0 heterocycles. The van der Waals surface area contributed by atoms with E-state index in [4.69, 9.17) is 46.4 Å². The zero-order valence-corrected chi connectivity index (χ0v) is 13.6. The van der Waals surface area contributed by atoms with E-state index in [0.717, 1.165) is 5.56 Å². The molecule has 0 aliphatic heterocycles. The Morgan fingerprint density at radius 2 is 1.19 bits per heavy atom. The van der Waals surface area contributed by atoms with Gasteiger partial charge in [-0.3, -0.25) is 9.59 Å². The third kappa shape index (κ3) is 2.01. The lowest BCUT2D eigenvalue weighted by atomic mass is 9.83. The Morgan fingerprint density at radius 3 is 1.71 bits per heavy atom. The Morgan fingerprint density at radius 1 is 0.714 bits per heavy atom. The third-order valence-corrected chi connectivity index (χ3v) is 5.19. The number of carbonyl (C=O) groups excluding carboxylic acids is 2. The van der Waals surface area contributed by atoms with Crippen LogP contribution in [-0.4, -0.2) is 11.6 Å². The Kier molecular flexibility index (Phi) is 3.53. The Labute approximate surface area is 140 Å². The number of benzene rings is 2. The molecule has 0 bridgehead atoms. The van der Waals surface area contributed by atoms with E-state index in [1.807, 2.05) is 6.92 Å². The van der Waals surface area contributed by atoms with Crippen molar-refractivity contribution in [3.63, 3.8) is 0 Å². The molecule has 2 aromatic carbocycles. The molecular weight excluding hydrogens is 354 g/mol. The van der Waals surface area contributed by atoms with E-state index in [0.29, 0.717) is 5.56 Å². The maximum absolute atomic E-state index is 12.6. The van der Waals surface area contributed by atoms with E-state index >= 15 is 0 Å². The van der Waals surface area contributed by atoms with Gasteiger partial charge in [0.1, 0.15) is 0 Å². The molecule has 0 spiro atoms. The predicted octanol–water partition coefficient (Wildman–Crippen LogP) is 5.38. The van der Waals surface area contributed by atoms with Crippen LogP contribution in [0.5, 0.6) is 0 Å². The first-order valence-electron chi connectivity index (χ1n) is 5.90. The zero-order valence-electron chi connectivity index (χ0n) is 10.6. The first-order valence-corrected chi connectivity index (χ1v) is 7.41. The molecule has 3 rings (SSSR count). The van der Waals surface area contributed by atoms with E-state index in [9.17, 15) is 9.59 Å². The van der Waals surface area contributed by atoms with Crippen LogP contribution in [0.25, 0.3) is 0 Å². The highest BCUT2D eigenvalue weighted by Crippen LogP contribution is 2.45. The summed E-state index contributed by atoms with van der Waals surface area (Å²) in [7, 11) is 0. The van der Waals surface area contributed by atoms with Crippen LogP contribution in [0.2, 0.25) is 20.1 Å². The molecule has 1 aliphatic carbocycles. The highest BCUT2D eigenvalue weighted by Gasteiger charge is 2.36. The van der Waals surface area contributed by atoms with Gasteiger partial charge in [0.05, 0.1) is 31.2 Å². The number of hydrogen-bond donors (Lipinski definition) is 0. The number of halogens is 4. The standard InChI is InChI=1S/C15H6Cl4O2/c1-5-2-3-6-7(4-5)15(21)9-8(14(6)20)10(16)12(18)13(19)11(9)17/h2-4H,1H3. The highest BCUT2D eigenvalue weighted by atomic mass is 35.5. The molecular formula is C15H6Cl4O2. The van der Waals surface area contributed by atoms with Gasteiger partial charge in [0.2, 0.25) is 0 Å². The smallest absolute Gasteiger partial charge is 0.196 e. The lowest BCUT2D eigenvalue weighted by molar-refractivity contribution is 0.0979. The zero-order chi connectivity index (χ0) is 15.5. The van der Waals surface area contributed by atoms with Crippen molar-refractivity contribution in [2.24, 2.45) is 0 Å². The number of hydrogen-bond acceptors (Lipinski definition) is 2. The summed E-state index contributed by atoms with van der Waals surface area (Å²) in [6.45, 7) is 1.83. The number of ketones is 2. The Bertz CT molecular complexity index is 840. The van der Waals surface area contributed by atoms with Crippen LogP contribution in [0, 0.1) is 6.92 Å². The van der Waals surface area contributed by atoms with Gasteiger partial charge in [0.15, 0.2) is 11.6 Å². The molecule has 0 radical (unpaired) electrons. The topological polar surface area (TPSA) is 34.1 Å². The maximum atomic E-state index is 12.6. The predicted molar refractivity (Wildman–Crippen MR) is 84.5 cm³/mol. The van der Waals surface area contributed by atoms with Crippen LogP contribution in [0.3, 0.4) is 0 Å². The first-order chi connectivity index (χ1) is 9.84. The summed E-state index contributed by atoms with van der Waals surface area (Å²) < 4.78 is 0. The second kappa shape index (κ2) is 4.99. The first kappa shape index (κ1) is 14.9. The second-order valence-corrected chi connectivity index (χ2v) is 6.23. The normalized spacial score (nSPS) is 13.2. The molecule has 1 aliphatic rings. The fraction of sp³-hybridized carbons (Fsp3) is 0.0667. The molecule has 0 unspecified atom stereocenters. The summed E-state index contributed by atoms with van der Waals surface area (Å²) in [5, 5.41) is -0.157. The maximum Gasteiger partial charge on any atom is 0.196 e. The summed E-state index contributed by atoms with van der Waals surface area (Å²) in [4.78, 5) is 25.2. The van der Waals surface area contributed by atoms with E-state index in [2.05, 4.69) is 0 Å². The molecule has 0 aromatic heterocycles. The van der Waals surface area contributed by atoms with E-state index in [1.54, 1.807) is 18.2 Å². The van der Waals surface area contributed by atoms with Gasteiger partial charge in [-0.2, -0.15) is 0 Å². The number of fused-ring (bicyclic) bond motifs is 2. The van der Waals surface area contributed by atoms with Crippen LogP contribution >= 0.6 is 46.4 Å². The minimum Gasteiger partial charge on any atom is -0.289 e. The molecule has 0 amide bonds. The molecule has 0 atom stereocenters. The van der Waals surface area contributed by atoms with Gasteiger partial charge in [-0.25, -0.2) is 0 Å². The van der Waals surface area contributed by atoms with Gasteiger partial charge in [-0.15, -0.1) is 0 Å². The van der Waals surface area contributed by atoms with E-state index in [-0.39, 0.29) is 48.3 Å². The number of rotatable bonds is 0. The van der Waals surface area contributed by atoms with Crippen molar-refractivity contribution < 1.29 is 9.59 Å². The summed E-state index contributed by atoms with van der Waals surface area (Å²) in [5.41, 5.74) is 1.47. The van der Waals surface area contributed by atoms with Gasteiger partial charge >= 0.3 is 0 Å². The highest BCUT2D eigenvalue weighted by molar-refractivity contribution is 6.55. The molecule has 21 heavy (non-hydrogen) atoms. The van der Waals surface area contributed by atoms with Gasteiger partial charge in [0.25, 0.3) is 0 Å². The van der Waals surface area contributed by atoms with Crippen molar-refractivity contribution in [2.45, 2.75) is 6.92 Å². The summed E-state index contributed by atoms with van der Waals surface area (Å²) >= 11 is 24.2. The third-order valence-electron chi connectivity index (χ3n) is 3.39. The minimum absolute atomic E-state index is 0.0115. The quantitative estimate of drug-likeness (QED) is 0.398. The van der Waals surface area contributed by atoms with Crippen molar-refractivity contribution in [3.05, 3.63) is 66.1 Å².